The van der Waals surface area contributed by atoms with Crippen LogP contribution in [-0.4, -0.2) is 136 Å². The number of aliphatic hydroxyl groups excluding tert-OH is 2. The number of rotatable bonds is 9. The van der Waals surface area contributed by atoms with E-state index in [1.165, 1.54) is 58.3 Å². The van der Waals surface area contributed by atoms with Crippen molar-refractivity contribution in [2.75, 3.05) is 38.2 Å². The van der Waals surface area contributed by atoms with Crippen LogP contribution in [0.1, 0.15) is 118 Å². The predicted molar refractivity (Wildman–Crippen MR) is 276 cm³/mol. The molecule has 9 rings (SSSR count). The van der Waals surface area contributed by atoms with E-state index in [0.29, 0.717) is 36.2 Å². The monoisotopic (exact) mass is 1070 g/mol. The lowest BCUT2D eigenvalue weighted by Crippen LogP contribution is -2.60. The summed E-state index contributed by atoms with van der Waals surface area (Å²) in [6, 6.07) is -1.35. The summed E-state index contributed by atoms with van der Waals surface area (Å²) < 4.78 is 40.6. The number of hydrogen-bond acceptors (Lipinski definition) is 18. The van der Waals surface area contributed by atoms with E-state index in [-0.39, 0.29) is 58.6 Å². The molecule has 1 saturated heterocycles. The number of phenolic OH excluding ortho intramolecular Hbond substituents is 1. The molecule has 2 aliphatic carbocycles. The van der Waals surface area contributed by atoms with Gasteiger partial charge in [0.05, 0.1) is 76.4 Å². The first kappa shape index (κ1) is 56.1. The number of phenols is 1. The van der Waals surface area contributed by atoms with Crippen molar-refractivity contribution >= 4 is 46.4 Å². The number of ether oxygens (including phenoxy) is 4. The van der Waals surface area contributed by atoms with Crippen LogP contribution in [0.2, 0.25) is 0 Å². The highest BCUT2D eigenvalue weighted by atomic mass is 19.1. The number of carboxylic acid groups (broad SMARTS) is 1. The van der Waals surface area contributed by atoms with Gasteiger partial charge in [0.25, 0.3) is 17.2 Å². The number of nitrogens with one attached hydrogen (secondary N) is 2. The molecule has 0 radical (unpaired) electrons. The van der Waals surface area contributed by atoms with Gasteiger partial charge in [0.2, 0.25) is 5.78 Å². The molecule has 21 nitrogen and oxygen atoms in total. The molecule has 2 aromatic heterocycles. The molecule has 6 heterocycles. The smallest absolute Gasteiger partial charge is 0.341 e. The maximum Gasteiger partial charge on any atom is 0.341 e. The van der Waals surface area contributed by atoms with Gasteiger partial charge in [0.15, 0.2) is 11.6 Å². The number of Topliss-reactive ketones (excluding diaryl/α,β-unsaturated/α-hetero) is 3. The van der Waals surface area contributed by atoms with Gasteiger partial charge in [-0.15, -0.1) is 0 Å². The van der Waals surface area contributed by atoms with Crippen molar-refractivity contribution in [2.45, 2.75) is 116 Å². The highest BCUT2D eigenvalue weighted by molar-refractivity contribution is 6.32. The van der Waals surface area contributed by atoms with Crippen molar-refractivity contribution in [1.82, 2.24) is 15.0 Å². The van der Waals surface area contributed by atoms with Crippen molar-refractivity contribution < 1.29 is 72.5 Å². The maximum absolute atomic E-state index is 16.1. The SMILES string of the molecule is CO[C@H]1C=CO[C@@]2(C)Oc3c(C)c(O)c4c(c3C2=O)C(=O)C(CNC[C@H]2CCN(c3c(F)cn5c(=O)c(C(=O)O)cc(C6CC6)c5c3C)C2)=C(NC(=O)/C(C)=C\C=C\[C@H](C)[C@H](O)[C@@H](N)[C@@H](O)[C@@H](N)[C@H](OC(C)=O)[C@@H]1C)C4=O. The fourth-order valence-electron chi connectivity index (χ4n) is 10.9. The molecule has 0 unspecified atom stereocenters. The van der Waals surface area contributed by atoms with Crippen LogP contribution in [0.3, 0.4) is 0 Å². The summed E-state index contributed by atoms with van der Waals surface area (Å²) in [7, 11) is 1.34. The second-order valence-corrected chi connectivity index (χ2v) is 20.9. The number of nitrogens with zero attached hydrogens (tertiary/aromatic N) is 2. The van der Waals surface area contributed by atoms with Gasteiger partial charge in [0.1, 0.15) is 23.2 Å². The summed E-state index contributed by atoms with van der Waals surface area (Å²) in [6.45, 7) is 10.7. The number of fused-ring (bicyclic) bond motifs is 15. The number of aromatic carboxylic acids is 1. The Hall–Kier alpha value is -7.08. The zero-order valence-corrected chi connectivity index (χ0v) is 44.0. The van der Waals surface area contributed by atoms with Gasteiger partial charge in [-0.25, -0.2) is 9.18 Å². The lowest BCUT2D eigenvalue weighted by Gasteiger charge is -2.37. The van der Waals surface area contributed by atoms with Gasteiger partial charge >= 0.3 is 17.7 Å². The topological polar surface area (TPSA) is 321 Å². The summed E-state index contributed by atoms with van der Waals surface area (Å²) in [5.74, 6) is -11.3. The van der Waals surface area contributed by atoms with E-state index >= 15 is 9.18 Å². The maximum atomic E-state index is 16.1. The number of nitrogens with two attached hydrogens (primary N) is 2. The lowest BCUT2D eigenvalue weighted by atomic mass is 9.80. The number of hydrogen-bond donors (Lipinski definition) is 8. The van der Waals surface area contributed by atoms with E-state index in [2.05, 4.69) is 10.6 Å². The van der Waals surface area contributed by atoms with Crippen LogP contribution in [0, 0.1) is 37.4 Å². The van der Waals surface area contributed by atoms with Crippen molar-refractivity contribution in [1.29, 1.82) is 0 Å². The molecule has 412 valence electrons. The Balaban J connectivity index is 1.13. The Bertz CT molecular complexity index is 3180. The third-order valence-corrected chi connectivity index (χ3v) is 15.5. The van der Waals surface area contributed by atoms with Crippen molar-refractivity contribution in [3.63, 3.8) is 0 Å². The largest absolute Gasteiger partial charge is 0.507 e. The first-order chi connectivity index (χ1) is 36.3. The molecular formula is C55H65FN6O15. The normalized spacial score (nSPS) is 29.3. The Morgan fingerprint density at radius 1 is 0.974 bits per heavy atom. The van der Waals surface area contributed by atoms with Gasteiger partial charge in [-0.05, 0) is 75.1 Å². The highest BCUT2D eigenvalue weighted by Gasteiger charge is 2.53. The summed E-state index contributed by atoms with van der Waals surface area (Å²) in [5.41, 5.74) is 11.3. The van der Waals surface area contributed by atoms with E-state index < -0.39 is 129 Å². The molecule has 5 bridgehead atoms. The molecule has 77 heavy (non-hydrogen) atoms. The number of aromatic nitrogens is 1. The first-order valence-electron chi connectivity index (χ1n) is 25.4. The molecular weight excluding hydrogens is 1000 g/mol. The number of anilines is 1. The molecule has 10 N–H and O–H groups in total. The number of carbonyl (C=O) groups excluding carboxylic acids is 5. The quantitative estimate of drug-likeness (QED) is 0.143. The van der Waals surface area contributed by atoms with Crippen molar-refractivity contribution in [3.05, 3.63) is 115 Å². The Labute approximate surface area is 442 Å². The van der Waals surface area contributed by atoms with Crippen LogP contribution < -0.4 is 37.3 Å². The predicted octanol–water partition coefficient (Wildman–Crippen LogP) is 3.14. The third kappa shape index (κ3) is 10.3. The van der Waals surface area contributed by atoms with Gasteiger partial charge in [-0.2, -0.15) is 0 Å². The van der Waals surface area contributed by atoms with Crippen LogP contribution in [0.5, 0.6) is 11.5 Å². The summed E-state index contributed by atoms with van der Waals surface area (Å²) in [4.78, 5) is 97.9. The van der Waals surface area contributed by atoms with Gasteiger partial charge in [-0.1, -0.05) is 32.1 Å². The fourth-order valence-corrected chi connectivity index (χ4v) is 10.9. The number of aliphatic hydroxyl groups is 2. The Morgan fingerprint density at radius 3 is 2.32 bits per heavy atom. The number of ketones is 3. The van der Waals surface area contributed by atoms with Gasteiger partial charge < -0.3 is 66.4 Å². The van der Waals surface area contributed by atoms with Gasteiger partial charge in [0, 0.05) is 75.7 Å². The Kier molecular flexibility index (Phi) is 15.9. The minimum absolute atomic E-state index is 0.0261. The number of halogens is 1. The minimum atomic E-state index is -2.20. The number of aromatic hydroxyl groups is 1. The fraction of sp³-hybridized carbons (Fsp3) is 0.473. The number of pyridine rings is 2. The summed E-state index contributed by atoms with van der Waals surface area (Å²) in [5, 5.41) is 49.9. The first-order valence-corrected chi connectivity index (χ1v) is 25.4. The molecule has 0 spiro atoms. The zero-order valence-electron chi connectivity index (χ0n) is 44.0. The van der Waals surface area contributed by atoms with Crippen molar-refractivity contribution in [3.8, 4) is 11.5 Å². The van der Waals surface area contributed by atoms with Crippen LogP contribution in [0.4, 0.5) is 10.1 Å². The summed E-state index contributed by atoms with van der Waals surface area (Å²) >= 11 is 0. The van der Waals surface area contributed by atoms with E-state index in [9.17, 15) is 49.2 Å². The molecule has 1 saturated carbocycles. The van der Waals surface area contributed by atoms with E-state index in [0.717, 1.165) is 36.6 Å². The van der Waals surface area contributed by atoms with E-state index in [4.69, 9.17) is 30.4 Å². The molecule has 1 aromatic carbocycles. The van der Waals surface area contributed by atoms with Crippen LogP contribution in [0.15, 0.2) is 64.5 Å². The van der Waals surface area contributed by atoms with E-state index in [1.807, 2.05) is 4.90 Å². The number of esters is 1. The zero-order chi connectivity index (χ0) is 56.3. The van der Waals surface area contributed by atoms with Crippen LogP contribution in [0.25, 0.3) is 5.52 Å². The second-order valence-electron chi connectivity index (χ2n) is 20.9. The molecule has 2 fully saturated rings. The third-order valence-electron chi connectivity index (χ3n) is 15.5. The molecule has 1 amide bonds. The van der Waals surface area contributed by atoms with Crippen LogP contribution >= 0.6 is 0 Å². The average Bonchev–Trinajstić information content (AvgIpc) is 4.07. The molecule has 6 aliphatic rings. The van der Waals surface area contributed by atoms with Crippen molar-refractivity contribution in [2.24, 2.45) is 29.2 Å². The number of aryl methyl sites for hydroxylation is 1. The number of allylic oxidation sites excluding steroid dienone is 3. The number of carbonyl (C=O) groups is 6. The molecule has 4 aliphatic heterocycles. The number of carboxylic acids is 1. The summed E-state index contributed by atoms with van der Waals surface area (Å²) in [6.07, 6.45) is 4.66. The number of benzene rings is 1. The molecule has 3 aromatic rings. The highest BCUT2D eigenvalue weighted by Crippen LogP contribution is 2.49. The Morgan fingerprint density at radius 2 is 1.68 bits per heavy atom. The average molecular weight is 1070 g/mol. The lowest BCUT2D eigenvalue weighted by molar-refractivity contribution is -0.155. The van der Waals surface area contributed by atoms with Gasteiger partial charge in [-0.3, -0.25) is 33.2 Å². The second kappa shape index (κ2) is 21.7. The minimum Gasteiger partial charge on any atom is -0.507 e. The number of amides is 1. The number of methoxy groups -OCH3 is 1. The van der Waals surface area contributed by atoms with Crippen LogP contribution in [-0.2, 0) is 23.8 Å². The molecule has 10 atom stereocenters. The standard InChI is InChI=1S/C55H65FN6O15/c1-23-10-9-11-24(2)52(70)60-41-33(20-59-19-29-14-16-61(21-29)43-26(4)42-31(30-12-13-30)18-32(54(72)73)53(71)62(42)22-34(43)56)46(66)36-37(47(41)67)45(65)27(5)49-38(36)51(69)55(7,77-49)75-17-15-35(74-8)25(3)50(76-28(6)63)40(58)48(68)39(57)44(23)64/h9-11,15,17-18,22-23,25,29-30,35,39-40,44,48,50,59,64-65,68H,12-14,16,19-21,57-58H2,1-8H3,(H,60,70)(H,72,73)/b10-9+,17-15?,24-11-/t23-,25+,29+,35-,39+,40+,44-,48+,50+,55-/m0/s1. The van der Waals surface area contributed by atoms with E-state index in [1.54, 1.807) is 20.8 Å². The molecule has 22 heteroatoms.